The van der Waals surface area contributed by atoms with E-state index in [0.29, 0.717) is 127 Å². The number of halogens is 6. The van der Waals surface area contributed by atoms with Gasteiger partial charge in [0.2, 0.25) is 0 Å². The van der Waals surface area contributed by atoms with Crippen LogP contribution in [0.4, 0.5) is 26.3 Å². The van der Waals surface area contributed by atoms with Gasteiger partial charge in [0.05, 0.1) is 45.0 Å². The average molecular weight is 1580 g/mol. The normalized spacial score (nSPS) is 20.8. The monoisotopic (exact) mass is 1580 g/mol. The maximum absolute atomic E-state index is 13.8. The molecule has 26 heteroatoms. The number of piperazine rings is 3. The van der Waals surface area contributed by atoms with Crippen molar-refractivity contribution in [3.05, 3.63) is 203 Å². The molecule has 7 aromatic heterocycles. The van der Waals surface area contributed by atoms with Crippen molar-refractivity contribution in [3.8, 4) is 33.8 Å². The lowest BCUT2D eigenvalue weighted by Crippen LogP contribution is -2.62. The molecule has 3 saturated heterocycles. The van der Waals surface area contributed by atoms with Crippen molar-refractivity contribution in [1.82, 2.24) is 59.5 Å². The highest BCUT2D eigenvalue weighted by atomic mass is 19.4. The summed E-state index contributed by atoms with van der Waals surface area (Å²) in [5, 5.41) is 27.1. The average Bonchev–Trinajstić information content (AvgIpc) is 1.46. The Hall–Kier alpha value is -10.6. The number of nitrogens with one attached hydrogen (secondary N) is 1. The molecular formula is C89H102F6N12O8. The number of H-pyrrole nitrogens is 1. The first-order valence-corrected chi connectivity index (χ1v) is 39.0. The number of hydrogen-bond acceptors (Lipinski definition) is 16. The topological polar surface area (TPSA) is 231 Å². The first kappa shape index (κ1) is 82.4. The largest absolute Gasteiger partial charge is 0.449 e. The van der Waals surface area contributed by atoms with Crippen LogP contribution in [0.5, 0.6) is 0 Å². The fraction of sp³-hybridized carbons (Fsp3) is 0.438. The van der Waals surface area contributed by atoms with Crippen molar-refractivity contribution in [2.24, 2.45) is 11.8 Å². The third-order valence-electron chi connectivity index (χ3n) is 23.1. The lowest BCUT2D eigenvalue weighted by Gasteiger charge is -2.52. The Bertz CT molecular complexity index is 5400. The summed E-state index contributed by atoms with van der Waals surface area (Å²) in [5.74, 6) is 0.201. The van der Waals surface area contributed by atoms with Crippen molar-refractivity contribution in [1.29, 1.82) is 0 Å². The molecule has 3 amide bonds. The van der Waals surface area contributed by atoms with E-state index in [1.807, 2.05) is 81.4 Å². The quantitative estimate of drug-likeness (QED) is 0.0911. The molecule has 5 fully saturated rings. The molecule has 0 unspecified atom stereocenters. The molecular weight excluding hydrogens is 1480 g/mol. The van der Waals surface area contributed by atoms with Crippen LogP contribution in [-0.4, -0.2) is 180 Å². The Morgan fingerprint density at radius 1 is 0.496 bits per heavy atom. The number of aromatic amines is 1. The minimum Gasteiger partial charge on any atom is -0.449 e. The highest BCUT2D eigenvalue weighted by Crippen LogP contribution is 2.52. The van der Waals surface area contributed by atoms with Crippen LogP contribution in [0, 0.1) is 36.2 Å². The second-order valence-corrected chi connectivity index (χ2v) is 35.6. The van der Waals surface area contributed by atoms with Gasteiger partial charge in [-0.25, -0.2) is 33.1 Å². The maximum atomic E-state index is 13.8. The maximum Gasteiger partial charge on any atom is 0.417 e. The number of carbonyl (C=O) groups is 3. The Labute approximate surface area is 666 Å². The van der Waals surface area contributed by atoms with Gasteiger partial charge in [-0.15, -0.1) is 0 Å². The van der Waals surface area contributed by atoms with Crippen molar-refractivity contribution >= 4 is 56.7 Å². The number of nitrogens with zero attached hydrogens (tertiary/aromatic N) is 11. The van der Waals surface area contributed by atoms with Crippen LogP contribution < -0.4 is 0 Å². The molecule has 0 bridgehead atoms. The minimum absolute atomic E-state index is 0.151. The summed E-state index contributed by atoms with van der Waals surface area (Å²) in [5.41, 5.74) is 7.59. The summed E-state index contributed by atoms with van der Waals surface area (Å²) in [7, 11) is 0. The SMILES string of the molecule is C=C(C1CC(C)(O)C1)N1CCN(C(=O)c2cc3nc(-c4ccc(F)cc4)cc(C(C)(C)C)c3o2)C(C)(C)C1.C=C(C1CC(O)(C(F)(F)F)C1)N1CCN(C(=O)c2cc3nc(-c4ccc(F)cc4)cc(CC)c3o2)C(C)(C)C1.C=C(c1n[nH]c(C)n1)N1CCN(C(=O)c2cc3nc(-c4ccc(F)cc4)cc(C(C)(C)C)c3o2)C(C)(C)C1. The van der Waals surface area contributed by atoms with E-state index in [2.05, 4.69) is 105 Å². The standard InChI is InChI=1S/C31H38FN3O3.C29H31F4N3O3.C29H33FN6O2/c1-19(21-16-31(7,37)17-21)34-12-13-35(30(5,6)18-34)28(36)26-15-25-27(38-26)23(29(2,3)4)14-24(33-25)20-8-10-22(32)11-9-20;1-5-18-12-22(19-6-8-21(30)9-7-19)34-23-13-24(39-25(18)23)26(37)36-11-10-35(16-27(36,3)4)17(2)20-14-28(38,15-20)29(31,32)33;1-17(26-31-18(2)33-34-26)35-12-13-36(29(6,7)16-35)27(37)24-15-23-25(38-24)21(28(3,4)5)14-22(32-23)19-8-10-20(30)11-9-19/h8-11,14-15,21,37H,1,12-13,16-18H2,2-7H3;6-9,12-13,20,38H,2,5,10-11,14-16H2,1,3-4H3;8-11,14-15H,1,12-13,16H2,2-7H3,(H,31,33,34). The van der Waals surface area contributed by atoms with Gasteiger partial charge in [-0.05, 0) is 195 Å². The van der Waals surface area contributed by atoms with Gasteiger partial charge in [-0.3, -0.25) is 19.5 Å². The molecule has 10 heterocycles. The predicted molar refractivity (Wildman–Crippen MR) is 431 cm³/mol. The van der Waals surface area contributed by atoms with Gasteiger partial charge >= 0.3 is 6.18 Å². The summed E-state index contributed by atoms with van der Waals surface area (Å²) in [6, 6.07) is 29.4. The van der Waals surface area contributed by atoms with Crippen LogP contribution in [-0.2, 0) is 17.3 Å². The lowest BCUT2D eigenvalue weighted by molar-refractivity contribution is -0.296. The van der Waals surface area contributed by atoms with Crippen LogP contribution in [0.2, 0.25) is 0 Å². The molecule has 0 atom stereocenters. The lowest BCUT2D eigenvalue weighted by atomic mass is 9.68. The van der Waals surface area contributed by atoms with Gasteiger partial charge in [-0.2, -0.15) is 18.3 Å². The smallest absolute Gasteiger partial charge is 0.417 e. The molecule has 3 N–H and O–H groups in total. The third-order valence-corrected chi connectivity index (χ3v) is 23.1. The molecule has 3 aliphatic heterocycles. The van der Waals surface area contributed by atoms with Gasteiger partial charge in [0.1, 0.15) is 39.8 Å². The van der Waals surface area contributed by atoms with Crippen LogP contribution in [0.1, 0.15) is 183 Å². The number of alkyl halides is 3. The number of aromatic nitrogens is 6. The van der Waals surface area contributed by atoms with Crippen LogP contribution in [0.15, 0.2) is 154 Å². The van der Waals surface area contributed by atoms with Crippen molar-refractivity contribution in [3.63, 3.8) is 0 Å². The van der Waals surface area contributed by atoms with E-state index < -0.39 is 52.8 Å². The zero-order chi connectivity index (χ0) is 83.4. The Balaban J connectivity index is 0.000000150. The number of aliphatic hydroxyl groups is 2. The zero-order valence-corrected chi connectivity index (χ0v) is 68.1. The highest BCUT2D eigenvalue weighted by Gasteiger charge is 2.62. The predicted octanol–water partition coefficient (Wildman–Crippen LogP) is 17.7. The number of aryl methyl sites for hydroxylation is 2. The number of pyridine rings is 3. The second kappa shape index (κ2) is 30.2. The summed E-state index contributed by atoms with van der Waals surface area (Å²) in [6.45, 7) is 47.4. The molecule has 20 nitrogen and oxygen atoms in total. The highest BCUT2D eigenvalue weighted by molar-refractivity contribution is 5.99. The van der Waals surface area contributed by atoms with Crippen molar-refractivity contribution in [2.45, 2.75) is 181 Å². The fourth-order valence-corrected chi connectivity index (χ4v) is 16.4. The summed E-state index contributed by atoms with van der Waals surface area (Å²) in [6.07, 6.45) is -3.36. The Kier molecular flexibility index (Phi) is 21.7. The molecule has 0 radical (unpaired) electrons. The van der Waals surface area contributed by atoms with Crippen molar-refractivity contribution in [2.75, 3.05) is 58.9 Å². The molecule has 10 aromatic rings. The molecule has 2 saturated carbocycles. The summed E-state index contributed by atoms with van der Waals surface area (Å²) >= 11 is 0. The first-order valence-electron chi connectivity index (χ1n) is 39.0. The minimum atomic E-state index is -4.66. The molecule has 608 valence electrons. The molecule has 15 rings (SSSR count). The Morgan fingerprint density at radius 3 is 1.17 bits per heavy atom. The van der Waals surface area contributed by atoms with Crippen LogP contribution in [0.25, 0.3) is 72.8 Å². The number of furan rings is 3. The third kappa shape index (κ3) is 16.8. The van der Waals surface area contributed by atoms with E-state index in [1.165, 1.54) is 36.4 Å². The number of carbonyl (C=O) groups excluding carboxylic acids is 3. The molecule has 5 aliphatic rings. The van der Waals surface area contributed by atoms with Gasteiger partial charge in [0, 0.05) is 128 Å². The van der Waals surface area contributed by atoms with E-state index in [-0.39, 0.29) is 69.2 Å². The van der Waals surface area contributed by atoms with E-state index in [9.17, 15) is 50.9 Å². The summed E-state index contributed by atoms with van der Waals surface area (Å²) in [4.78, 5) is 71.5. The van der Waals surface area contributed by atoms with Gasteiger partial charge in [0.25, 0.3) is 17.7 Å². The van der Waals surface area contributed by atoms with Crippen LogP contribution >= 0.6 is 0 Å². The fourth-order valence-electron chi connectivity index (χ4n) is 16.4. The number of allylic oxidation sites excluding steroid dienone is 2. The summed E-state index contributed by atoms with van der Waals surface area (Å²) < 4.78 is 98.1. The van der Waals surface area contributed by atoms with Crippen LogP contribution in [0.3, 0.4) is 0 Å². The van der Waals surface area contributed by atoms with E-state index in [4.69, 9.17) is 23.2 Å². The number of hydrogen-bond donors (Lipinski definition) is 3. The van der Waals surface area contributed by atoms with Gasteiger partial charge < -0.3 is 52.9 Å². The van der Waals surface area contributed by atoms with E-state index in [1.54, 1.807) is 59.5 Å². The Morgan fingerprint density at radius 2 is 0.835 bits per heavy atom. The molecule has 0 spiro atoms. The molecule has 2 aliphatic carbocycles. The molecule has 115 heavy (non-hydrogen) atoms. The first-order chi connectivity index (χ1) is 53.7. The molecule has 3 aromatic carbocycles. The van der Waals surface area contributed by atoms with E-state index in [0.717, 1.165) is 63.4 Å². The second-order valence-electron chi connectivity index (χ2n) is 35.6. The van der Waals surface area contributed by atoms with Gasteiger partial charge in [0.15, 0.2) is 45.5 Å². The van der Waals surface area contributed by atoms with Crippen molar-refractivity contribution < 1.29 is 64.2 Å². The van der Waals surface area contributed by atoms with E-state index >= 15 is 0 Å². The number of amides is 3. The number of fused-ring (bicyclic) bond motifs is 3. The number of rotatable bonds is 13. The van der Waals surface area contributed by atoms with Gasteiger partial charge in [-0.1, -0.05) is 68.2 Å². The zero-order valence-electron chi connectivity index (χ0n) is 68.1. The number of benzene rings is 3.